The minimum atomic E-state index is -0.739. The van der Waals surface area contributed by atoms with Crippen molar-refractivity contribution in [2.75, 3.05) is 12.4 Å². The third-order valence-electron chi connectivity index (χ3n) is 5.07. The van der Waals surface area contributed by atoms with Gasteiger partial charge >= 0.3 is 6.03 Å². The van der Waals surface area contributed by atoms with Crippen LogP contribution in [-0.4, -0.2) is 28.5 Å². The molecule has 2 heterocycles. The number of carbonyl (C=O) groups is 2. The first kappa shape index (κ1) is 19.4. The molecule has 1 aromatic heterocycles. The topological polar surface area (TPSA) is 83.4 Å². The van der Waals surface area contributed by atoms with Gasteiger partial charge in [-0.05, 0) is 35.9 Å². The Morgan fingerprint density at radius 2 is 1.77 bits per heavy atom. The van der Waals surface area contributed by atoms with E-state index in [1.807, 2.05) is 0 Å². The quantitative estimate of drug-likeness (QED) is 0.702. The normalized spacial score (nSPS) is 16.2. The fourth-order valence-corrected chi connectivity index (χ4v) is 3.43. The summed E-state index contributed by atoms with van der Waals surface area (Å²) in [5.74, 6) is -0.852. The molecule has 8 heteroatoms. The number of aromatic nitrogens is 1. The lowest BCUT2D eigenvalue weighted by atomic mass is 9.97. The van der Waals surface area contributed by atoms with Gasteiger partial charge in [-0.3, -0.25) is 9.59 Å². The molecule has 1 aliphatic rings. The van der Waals surface area contributed by atoms with E-state index < -0.39 is 17.8 Å². The molecule has 30 heavy (non-hydrogen) atoms. The summed E-state index contributed by atoms with van der Waals surface area (Å²) < 4.78 is 14.8. The van der Waals surface area contributed by atoms with Gasteiger partial charge in [-0.2, -0.15) is 0 Å². The smallest absolute Gasteiger partial charge is 0.321 e. The van der Waals surface area contributed by atoms with Crippen LogP contribution in [0.5, 0.6) is 0 Å². The van der Waals surface area contributed by atoms with Crippen molar-refractivity contribution in [2.45, 2.75) is 6.04 Å². The van der Waals surface area contributed by atoms with E-state index in [2.05, 4.69) is 10.6 Å². The van der Waals surface area contributed by atoms with Crippen molar-refractivity contribution in [3.8, 4) is 0 Å². The van der Waals surface area contributed by atoms with Crippen LogP contribution in [0.15, 0.2) is 71.3 Å². The zero-order valence-corrected chi connectivity index (χ0v) is 16.3. The van der Waals surface area contributed by atoms with Crippen molar-refractivity contribution in [3.63, 3.8) is 0 Å². The second kappa shape index (κ2) is 7.47. The number of halogens is 1. The average Bonchev–Trinajstić information content (AvgIpc) is 2.73. The first-order chi connectivity index (χ1) is 14.3. The number of amides is 3. The van der Waals surface area contributed by atoms with Gasteiger partial charge in [0.1, 0.15) is 5.82 Å². The third-order valence-corrected chi connectivity index (χ3v) is 5.07. The van der Waals surface area contributed by atoms with Gasteiger partial charge < -0.3 is 20.1 Å². The van der Waals surface area contributed by atoms with Crippen LogP contribution < -0.4 is 16.2 Å². The van der Waals surface area contributed by atoms with Gasteiger partial charge in [-0.15, -0.1) is 0 Å². The monoisotopic (exact) mass is 406 g/mol. The molecule has 0 saturated heterocycles. The molecule has 2 N–H and O–H groups in total. The van der Waals surface area contributed by atoms with E-state index in [1.165, 1.54) is 47.0 Å². The summed E-state index contributed by atoms with van der Waals surface area (Å²) in [5.41, 5.74) is 1.17. The molecule has 0 aliphatic carbocycles. The number of fused-ring (bicyclic) bond motifs is 1. The average molecular weight is 406 g/mol. The van der Waals surface area contributed by atoms with Crippen molar-refractivity contribution in [3.05, 3.63) is 88.2 Å². The highest BCUT2D eigenvalue weighted by atomic mass is 19.1. The molecule has 4 rings (SSSR count). The summed E-state index contributed by atoms with van der Waals surface area (Å²) in [4.78, 5) is 38.9. The Bertz CT molecular complexity index is 1250. The van der Waals surface area contributed by atoms with Crippen molar-refractivity contribution in [1.82, 2.24) is 14.8 Å². The van der Waals surface area contributed by atoms with Gasteiger partial charge in [0.2, 0.25) is 0 Å². The Balaban J connectivity index is 1.72. The zero-order valence-electron chi connectivity index (χ0n) is 16.3. The Morgan fingerprint density at radius 3 is 2.50 bits per heavy atom. The minimum absolute atomic E-state index is 0.170. The van der Waals surface area contributed by atoms with Crippen LogP contribution in [0.25, 0.3) is 10.8 Å². The number of aryl methyl sites for hydroxylation is 1. The lowest BCUT2D eigenvalue weighted by Gasteiger charge is -2.30. The summed E-state index contributed by atoms with van der Waals surface area (Å²) in [6.45, 7) is 0. The Hall–Kier alpha value is -3.94. The van der Waals surface area contributed by atoms with Gasteiger partial charge in [0.15, 0.2) is 0 Å². The van der Waals surface area contributed by atoms with Crippen molar-refractivity contribution >= 4 is 28.4 Å². The number of benzene rings is 2. The molecule has 0 radical (unpaired) electrons. The first-order valence-corrected chi connectivity index (χ1v) is 9.25. The highest BCUT2D eigenvalue weighted by molar-refractivity contribution is 6.10. The van der Waals surface area contributed by atoms with Crippen LogP contribution in [0, 0.1) is 5.82 Å². The lowest BCUT2D eigenvalue weighted by molar-refractivity contribution is -0.113. The highest BCUT2D eigenvalue weighted by Crippen LogP contribution is 2.28. The molecule has 1 atom stereocenters. The largest absolute Gasteiger partial charge is 0.327 e. The molecule has 3 amide bonds. The SMILES string of the molecule is CN1C=C(C(=O)Nc2cccc3c(=O)n(C)ccc23)[C@H](c2ccc(F)cc2)NC1=O. The number of carbonyl (C=O) groups excluding carboxylic acids is 2. The molecular weight excluding hydrogens is 387 g/mol. The number of nitrogens with zero attached hydrogens (tertiary/aromatic N) is 2. The van der Waals surface area contributed by atoms with E-state index in [0.29, 0.717) is 22.0 Å². The fourth-order valence-electron chi connectivity index (χ4n) is 3.43. The highest BCUT2D eigenvalue weighted by Gasteiger charge is 2.30. The van der Waals surface area contributed by atoms with E-state index in [4.69, 9.17) is 0 Å². The minimum Gasteiger partial charge on any atom is -0.327 e. The summed E-state index contributed by atoms with van der Waals surface area (Å²) in [6.07, 6.45) is 3.09. The number of rotatable bonds is 3. The van der Waals surface area contributed by atoms with Crippen LogP contribution in [0.1, 0.15) is 11.6 Å². The van der Waals surface area contributed by atoms with Gasteiger partial charge in [-0.25, -0.2) is 9.18 Å². The summed E-state index contributed by atoms with van der Waals surface area (Å²) in [7, 11) is 3.19. The number of hydrogen-bond donors (Lipinski definition) is 2. The molecule has 0 saturated carbocycles. The van der Waals surface area contributed by atoms with E-state index in [9.17, 15) is 18.8 Å². The number of pyridine rings is 1. The molecule has 0 spiro atoms. The molecule has 152 valence electrons. The molecular formula is C22H19FN4O3. The standard InChI is InChI=1S/C22H19FN4O3/c1-26-11-10-15-16(21(26)29)4-3-5-18(15)24-20(28)17-12-27(2)22(30)25-19(17)13-6-8-14(23)9-7-13/h3-12,19H,1-2H3,(H,24,28)(H,25,30)/t19-/m0/s1. The molecule has 3 aromatic rings. The maximum atomic E-state index is 13.3. The molecule has 0 fully saturated rings. The van der Waals surface area contributed by atoms with Crippen LogP contribution in [0.4, 0.5) is 14.9 Å². The van der Waals surface area contributed by atoms with Crippen LogP contribution in [0.2, 0.25) is 0 Å². The summed E-state index contributed by atoms with van der Waals surface area (Å²) in [5, 5.41) is 6.69. The van der Waals surface area contributed by atoms with Gasteiger partial charge in [-0.1, -0.05) is 18.2 Å². The van der Waals surface area contributed by atoms with Gasteiger partial charge in [0, 0.05) is 43.0 Å². The summed E-state index contributed by atoms with van der Waals surface area (Å²) in [6, 6.07) is 11.3. The van der Waals surface area contributed by atoms with Crippen LogP contribution >= 0.6 is 0 Å². The molecule has 1 aliphatic heterocycles. The van der Waals surface area contributed by atoms with E-state index in [0.717, 1.165) is 0 Å². The Kier molecular flexibility index (Phi) is 4.83. The van der Waals surface area contributed by atoms with Crippen LogP contribution in [-0.2, 0) is 11.8 Å². The third kappa shape index (κ3) is 3.43. The maximum Gasteiger partial charge on any atom is 0.321 e. The number of hydrogen-bond acceptors (Lipinski definition) is 3. The number of anilines is 1. The van der Waals surface area contributed by atoms with Gasteiger partial charge in [0.05, 0.1) is 11.6 Å². The van der Waals surface area contributed by atoms with E-state index >= 15 is 0 Å². The predicted octanol–water partition coefficient (Wildman–Crippen LogP) is 2.90. The molecule has 0 unspecified atom stereocenters. The van der Waals surface area contributed by atoms with E-state index in [-0.39, 0.29) is 17.2 Å². The maximum absolute atomic E-state index is 13.3. The van der Waals surface area contributed by atoms with Crippen molar-refractivity contribution in [2.24, 2.45) is 7.05 Å². The number of nitrogens with one attached hydrogen (secondary N) is 2. The van der Waals surface area contributed by atoms with E-state index in [1.54, 1.807) is 37.5 Å². The Morgan fingerprint density at radius 1 is 1.03 bits per heavy atom. The Labute approximate surface area is 171 Å². The van der Waals surface area contributed by atoms with Crippen molar-refractivity contribution < 1.29 is 14.0 Å². The molecule has 0 bridgehead atoms. The zero-order chi connectivity index (χ0) is 21.4. The van der Waals surface area contributed by atoms with Crippen molar-refractivity contribution in [1.29, 1.82) is 0 Å². The second-order valence-corrected chi connectivity index (χ2v) is 7.08. The molecule has 2 aromatic carbocycles. The summed E-state index contributed by atoms with van der Waals surface area (Å²) >= 11 is 0. The molecule has 7 nitrogen and oxygen atoms in total. The van der Waals surface area contributed by atoms with Gasteiger partial charge in [0.25, 0.3) is 11.5 Å². The first-order valence-electron chi connectivity index (χ1n) is 9.25. The number of urea groups is 1. The fraction of sp³-hybridized carbons (Fsp3) is 0.136. The second-order valence-electron chi connectivity index (χ2n) is 7.08. The lowest BCUT2D eigenvalue weighted by Crippen LogP contribution is -2.44. The predicted molar refractivity (Wildman–Crippen MR) is 111 cm³/mol. The van der Waals surface area contributed by atoms with Crippen LogP contribution in [0.3, 0.4) is 0 Å².